The largest absolute Gasteiger partial charge is 0.373 e. The summed E-state index contributed by atoms with van der Waals surface area (Å²) < 4.78 is 32.4. The first kappa shape index (κ1) is 16.2. The molecule has 1 aromatic rings. The molecule has 2 aliphatic heterocycles. The fraction of sp³-hybridized carbons (Fsp3) is 0.588. The van der Waals surface area contributed by atoms with Crippen molar-refractivity contribution in [3.05, 3.63) is 35.4 Å². The van der Waals surface area contributed by atoms with Crippen LogP contribution in [-0.4, -0.2) is 37.3 Å². The third-order valence-electron chi connectivity index (χ3n) is 4.44. The van der Waals surface area contributed by atoms with Crippen LogP contribution in [-0.2, 0) is 11.2 Å². The molecule has 3 unspecified atom stereocenters. The van der Waals surface area contributed by atoms with Gasteiger partial charge in [-0.3, -0.25) is 4.99 Å². The number of aliphatic imine (C=N–C) groups is 1. The molecule has 4 nitrogen and oxygen atoms in total. The molecule has 0 aromatic heterocycles. The summed E-state index contributed by atoms with van der Waals surface area (Å²) in [5.41, 5.74) is 0.481. The van der Waals surface area contributed by atoms with Crippen LogP contribution < -0.4 is 10.6 Å². The maximum atomic E-state index is 13.6. The number of nitrogens with one attached hydrogen (secondary N) is 2. The minimum Gasteiger partial charge on any atom is -0.373 e. The topological polar surface area (TPSA) is 45.7 Å². The first-order valence-electron chi connectivity index (χ1n) is 8.30. The molecule has 0 amide bonds. The standard InChI is InChI=1S/C17H23F2N3O/c1-2-20-17(22-15-10-13-5-6-16(15)23-13)21-8-7-11-3-4-12(18)9-14(11)19/h3-4,9,13,15-16H,2,5-8,10H2,1H3,(H2,20,21,22). The van der Waals surface area contributed by atoms with E-state index in [0.29, 0.717) is 30.7 Å². The van der Waals surface area contributed by atoms with Gasteiger partial charge in [0.2, 0.25) is 0 Å². The van der Waals surface area contributed by atoms with E-state index >= 15 is 0 Å². The van der Waals surface area contributed by atoms with Crippen molar-refractivity contribution in [2.75, 3.05) is 13.1 Å². The highest BCUT2D eigenvalue weighted by Gasteiger charge is 2.41. The van der Waals surface area contributed by atoms with Gasteiger partial charge in [-0.1, -0.05) is 6.07 Å². The number of nitrogens with zero attached hydrogens (tertiary/aromatic N) is 1. The average Bonchev–Trinajstić information content (AvgIpc) is 3.12. The summed E-state index contributed by atoms with van der Waals surface area (Å²) in [4.78, 5) is 4.50. The smallest absolute Gasteiger partial charge is 0.191 e. The van der Waals surface area contributed by atoms with Crippen molar-refractivity contribution >= 4 is 5.96 Å². The quantitative estimate of drug-likeness (QED) is 0.646. The second kappa shape index (κ2) is 7.25. The van der Waals surface area contributed by atoms with Gasteiger partial charge in [0.05, 0.1) is 18.2 Å². The zero-order chi connectivity index (χ0) is 16.2. The van der Waals surface area contributed by atoms with Crippen molar-refractivity contribution in [2.24, 2.45) is 4.99 Å². The Bertz CT molecular complexity index is 579. The van der Waals surface area contributed by atoms with E-state index in [2.05, 4.69) is 15.6 Å². The summed E-state index contributed by atoms with van der Waals surface area (Å²) in [6.07, 6.45) is 4.37. The summed E-state index contributed by atoms with van der Waals surface area (Å²) in [7, 11) is 0. The van der Waals surface area contributed by atoms with Gasteiger partial charge in [0.15, 0.2) is 5.96 Å². The molecular weight excluding hydrogens is 300 g/mol. The van der Waals surface area contributed by atoms with Crippen LogP contribution in [0.2, 0.25) is 0 Å². The lowest BCUT2D eigenvalue weighted by atomic mass is 9.96. The van der Waals surface area contributed by atoms with E-state index in [4.69, 9.17) is 4.74 Å². The van der Waals surface area contributed by atoms with Gasteiger partial charge in [0, 0.05) is 19.2 Å². The van der Waals surface area contributed by atoms with E-state index in [1.807, 2.05) is 6.92 Å². The molecule has 2 bridgehead atoms. The van der Waals surface area contributed by atoms with Crippen LogP contribution in [0.5, 0.6) is 0 Å². The number of rotatable bonds is 5. The summed E-state index contributed by atoms with van der Waals surface area (Å²) in [5.74, 6) is -0.336. The Balaban J connectivity index is 1.56. The molecule has 0 spiro atoms. The Morgan fingerprint density at radius 3 is 2.87 bits per heavy atom. The lowest BCUT2D eigenvalue weighted by molar-refractivity contribution is 0.0992. The van der Waals surface area contributed by atoms with Crippen LogP contribution in [0.4, 0.5) is 8.78 Å². The fourth-order valence-electron chi connectivity index (χ4n) is 3.30. The summed E-state index contributed by atoms with van der Waals surface area (Å²) in [5, 5.41) is 6.63. The van der Waals surface area contributed by atoms with Gasteiger partial charge in [-0.15, -0.1) is 0 Å². The molecule has 6 heteroatoms. The fourth-order valence-corrected chi connectivity index (χ4v) is 3.30. The second-order valence-corrected chi connectivity index (χ2v) is 6.11. The first-order chi connectivity index (χ1) is 11.2. The molecule has 2 aliphatic rings. The van der Waals surface area contributed by atoms with Crippen LogP contribution in [0.1, 0.15) is 31.7 Å². The highest BCUT2D eigenvalue weighted by molar-refractivity contribution is 5.80. The van der Waals surface area contributed by atoms with Crippen LogP contribution in [0, 0.1) is 11.6 Å². The molecule has 0 aliphatic carbocycles. The number of benzene rings is 1. The highest BCUT2D eigenvalue weighted by atomic mass is 19.1. The van der Waals surface area contributed by atoms with E-state index in [1.165, 1.54) is 12.1 Å². The monoisotopic (exact) mass is 323 g/mol. The molecule has 2 saturated heterocycles. The van der Waals surface area contributed by atoms with Gasteiger partial charge >= 0.3 is 0 Å². The molecule has 2 heterocycles. The van der Waals surface area contributed by atoms with Gasteiger partial charge in [0.25, 0.3) is 0 Å². The lowest BCUT2D eigenvalue weighted by Crippen LogP contribution is -2.47. The van der Waals surface area contributed by atoms with Crippen LogP contribution >= 0.6 is 0 Å². The van der Waals surface area contributed by atoms with Gasteiger partial charge in [0.1, 0.15) is 11.6 Å². The molecule has 0 radical (unpaired) electrons. The Kier molecular flexibility index (Phi) is 5.10. The van der Waals surface area contributed by atoms with Gasteiger partial charge in [-0.2, -0.15) is 0 Å². The van der Waals surface area contributed by atoms with E-state index in [1.54, 1.807) is 0 Å². The Morgan fingerprint density at radius 2 is 2.22 bits per heavy atom. The highest BCUT2D eigenvalue weighted by Crippen LogP contribution is 2.34. The van der Waals surface area contributed by atoms with Crippen molar-refractivity contribution in [2.45, 2.75) is 50.9 Å². The van der Waals surface area contributed by atoms with Crippen molar-refractivity contribution in [3.8, 4) is 0 Å². The summed E-state index contributed by atoms with van der Waals surface area (Å²) >= 11 is 0. The molecule has 2 N–H and O–H groups in total. The van der Waals surface area contributed by atoms with E-state index in [0.717, 1.165) is 37.8 Å². The van der Waals surface area contributed by atoms with Crippen molar-refractivity contribution < 1.29 is 13.5 Å². The third-order valence-corrected chi connectivity index (χ3v) is 4.44. The summed E-state index contributed by atoms with van der Waals surface area (Å²) in [6, 6.07) is 3.96. The van der Waals surface area contributed by atoms with Crippen LogP contribution in [0.3, 0.4) is 0 Å². The Labute approximate surface area is 135 Å². The molecule has 126 valence electrons. The van der Waals surface area contributed by atoms with E-state index in [-0.39, 0.29) is 6.10 Å². The second-order valence-electron chi connectivity index (χ2n) is 6.11. The minimum atomic E-state index is -0.555. The zero-order valence-corrected chi connectivity index (χ0v) is 13.3. The third kappa shape index (κ3) is 3.99. The molecule has 3 rings (SSSR count). The predicted octanol–water partition coefficient (Wildman–Crippen LogP) is 2.38. The maximum Gasteiger partial charge on any atom is 0.191 e. The Morgan fingerprint density at radius 1 is 1.35 bits per heavy atom. The predicted molar refractivity (Wildman–Crippen MR) is 85.5 cm³/mol. The number of fused-ring (bicyclic) bond motifs is 2. The minimum absolute atomic E-state index is 0.276. The molecule has 23 heavy (non-hydrogen) atoms. The zero-order valence-electron chi connectivity index (χ0n) is 13.3. The van der Waals surface area contributed by atoms with Crippen molar-refractivity contribution in [1.29, 1.82) is 0 Å². The normalized spacial score (nSPS) is 26.6. The van der Waals surface area contributed by atoms with Gasteiger partial charge < -0.3 is 15.4 Å². The van der Waals surface area contributed by atoms with Gasteiger partial charge in [-0.05, 0) is 44.2 Å². The number of guanidine groups is 1. The molecular formula is C17H23F2N3O. The first-order valence-corrected chi connectivity index (χ1v) is 8.30. The van der Waals surface area contributed by atoms with Crippen molar-refractivity contribution in [1.82, 2.24) is 10.6 Å². The number of hydrogen-bond acceptors (Lipinski definition) is 2. The van der Waals surface area contributed by atoms with Gasteiger partial charge in [-0.25, -0.2) is 8.78 Å². The summed E-state index contributed by atoms with van der Waals surface area (Å²) in [6.45, 7) is 3.21. The Hall–Kier alpha value is -1.69. The average molecular weight is 323 g/mol. The van der Waals surface area contributed by atoms with E-state index < -0.39 is 11.6 Å². The SMILES string of the molecule is CCNC(=NCCc1ccc(F)cc1F)NC1CC2CCC1O2. The maximum absolute atomic E-state index is 13.6. The lowest BCUT2D eigenvalue weighted by Gasteiger charge is -2.22. The van der Waals surface area contributed by atoms with Crippen molar-refractivity contribution in [3.63, 3.8) is 0 Å². The number of hydrogen-bond donors (Lipinski definition) is 2. The molecule has 1 aromatic carbocycles. The van der Waals surface area contributed by atoms with Crippen LogP contribution in [0.25, 0.3) is 0 Å². The molecule has 0 saturated carbocycles. The van der Waals surface area contributed by atoms with Crippen LogP contribution in [0.15, 0.2) is 23.2 Å². The molecule has 2 fully saturated rings. The van der Waals surface area contributed by atoms with E-state index in [9.17, 15) is 8.78 Å². The molecule has 3 atom stereocenters. The number of ether oxygens (including phenoxy) is 1. The number of halogens is 2.